The lowest BCUT2D eigenvalue weighted by Crippen LogP contribution is -1.94. The number of benzene rings is 7. The lowest BCUT2D eigenvalue weighted by molar-refractivity contribution is 0.653. The molecule has 4 heterocycles. The van der Waals surface area contributed by atoms with Crippen molar-refractivity contribution in [2.45, 2.75) is 0 Å². The van der Waals surface area contributed by atoms with Gasteiger partial charge in [-0.2, -0.15) is 9.97 Å². The average molecular weight is 719 g/mol. The standard InChI is InChI=1S/C50H30N4O2/c1-3-13-32(14-4-1)45-43-39-21-7-9-23-41(39)56-50(43)54-48(52-45)38-20-12-19-37(30-38)36-18-11-17-35(29-36)31-25-27-33(28-26-31)46-44-40-22-8-10-24-42(40)55-49(44)53-47(51-46)34-15-5-2-6-16-34/h1-30H. The van der Waals surface area contributed by atoms with E-state index in [0.717, 1.165) is 88.6 Å². The van der Waals surface area contributed by atoms with Gasteiger partial charge in [-0.05, 0) is 46.5 Å². The summed E-state index contributed by atoms with van der Waals surface area (Å²) in [4.78, 5) is 20.1. The van der Waals surface area contributed by atoms with Crippen LogP contribution >= 0.6 is 0 Å². The molecule has 11 aromatic rings. The first-order chi connectivity index (χ1) is 27.7. The monoisotopic (exact) mass is 718 g/mol. The quantitative estimate of drug-likeness (QED) is 0.170. The Morgan fingerprint density at radius 3 is 1.25 bits per heavy atom. The van der Waals surface area contributed by atoms with E-state index in [4.69, 9.17) is 28.8 Å². The molecule has 0 amide bonds. The number of fused-ring (bicyclic) bond motifs is 6. The van der Waals surface area contributed by atoms with E-state index in [1.54, 1.807) is 0 Å². The van der Waals surface area contributed by atoms with Crippen LogP contribution in [0.2, 0.25) is 0 Å². The molecule has 0 radical (unpaired) electrons. The smallest absolute Gasteiger partial charge is 0.231 e. The number of rotatable bonds is 6. The molecular weight excluding hydrogens is 689 g/mol. The summed E-state index contributed by atoms with van der Waals surface area (Å²) in [5.41, 5.74) is 12.7. The molecular formula is C50H30N4O2. The van der Waals surface area contributed by atoms with Crippen molar-refractivity contribution >= 4 is 44.1 Å². The Kier molecular flexibility index (Phi) is 7.38. The maximum atomic E-state index is 6.29. The number of hydrogen-bond donors (Lipinski definition) is 0. The zero-order chi connectivity index (χ0) is 37.0. The normalized spacial score (nSPS) is 11.6. The van der Waals surface area contributed by atoms with Crippen molar-refractivity contribution in [1.29, 1.82) is 0 Å². The molecule has 4 aromatic heterocycles. The fraction of sp³-hybridized carbons (Fsp3) is 0. The van der Waals surface area contributed by atoms with Crippen molar-refractivity contribution in [3.05, 3.63) is 182 Å². The fourth-order valence-electron chi connectivity index (χ4n) is 7.64. The molecule has 0 N–H and O–H groups in total. The molecule has 0 aliphatic rings. The van der Waals surface area contributed by atoms with Crippen LogP contribution in [0.3, 0.4) is 0 Å². The molecule has 0 bridgehead atoms. The fourth-order valence-corrected chi connectivity index (χ4v) is 7.64. The molecule has 0 unspecified atom stereocenters. The van der Waals surface area contributed by atoms with Gasteiger partial charge in [-0.3, -0.25) is 0 Å². The minimum atomic E-state index is 0.575. The summed E-state index contributed by atoms with van der Waals surface area (Å²) in [6.07, 6.45) is 0. The Morgan fingerprint density at radius 1 is 0.286 bits per heavy atom. The minimum absolute atomic E-state index is 0.575. The van der Waals surface area contributed by atoms with E-state index in [0.29, 0.717) is 23.1 Å². The highest BCUT2D eigenvalue weighted by molar-refractivity contribution is 6.11. The Labute approximate surface area is 321 Å². The Balaban J connectivity index is 0.964. The number of nitrogens with zero attached hydrogens (tertiary/aromatic N) is 4. The SMILES string of the molecule is c1ccc(-c2nc(-c3ccc(-c4cccc(-c5cccc(-c6nc(-c7ccccc7)c7c(n6)oc6ccccc67)c5)c4)cc3)c3c(n2)oc2ccccc23)cc1. The van der Waals surface area contributed by atoms with E-state index in [9.17, 15) is 0 Å². The third kappa shape index (κ3) is 5.43. The molecule has 0 aliphatic carbocycles. The summed E-state index contributed by atoms with van der Waals surface area (Å²) in [7, 11) is 0. The Hall–Kier alpha value is -7.70. The van der Waals surface area contributed by atoms with Crippen LogP contribution in [-0.2, 0) is 0 Å². The lowest BCUT2D eigenvalue weighted by Gasteiger charge is -2.10. The predicted octanol–water partition coefficient (Wildman–Crippen LogP) is 13.1. The maximum absolute atomic E-state index is 6.29. The molecule has 6 nitrogen and oxygen atoms in total. The van der Waals surface area contributed by atoms with Gasteiger partial charge in [0.05, 0.1) is 22.2 Å². The largest absolute Gasteiger partial charge is 0.438 e. The van der Waals surface area contributed by atoms with Crippen molar-refractivity contribution in [2.24, 2.45) is 0 Å². The summed E-state index contributed by atoms with van der Waals surface area (Å²) in [6, 6.07) is 62.0. The molecule has 0 spiro atoms. The molecule has 56 heavy (non-hydrogen) atoms. The number of aromatic nitrogens is 4. The van der Waals surface area contributed by atoms with Crippen molar-refractivity contribution in [2.75, 3.05) is 0 Å². The molecule has 0 fully saturated rings. The van der Waals surface area contributed by atoms with E-state index in [2.05, 4.69) is 97.1 Å². The van der Waals surface area contributed by atoms with Crippen LogP contribution < -0.4 is 0 Å². The van der Waals surface area contributed by atoms with Crippen LogP contribution in [0.5, 0.6) is 0 Å². The lowest BCUT2D eigenvalue weighted by atomic mass is 9.96. The van der Waals surface area contributed by atoms with Gasteiger partial charge in [0.1, 0.15) is 11.2 Å². The Morgan fingerprint density at radius 2 is 0.679 bits per heavy atom. The van der Waals surface area contributed by atoms with E-state index in [1.165, 1.54) is 0 Å². The molecule has 6 heteroatoms. The summed E-state index contributed by atoms with van der Waals surface area (Å²) in [5.74, 6) is 1.24. The zero-order valence-electron chi connectivity index (χ0n) is 29.9. The topological polar surface area (TPSA) is 77.8 Å². The first kappa shape index (κ1) is 31.8. The Bertz CT molecular complexity index is 3240. The molecule has 0 aliphatic heterocycles. The number of furan rings is 2. The van der Waals surface area contributed by atoms with E-state index >= 15 is 0 Å². The van der Waals surface area contributed by atoms with Gasteiger partial charge in [-0.25, -0.2) is 9.97 Å². The third-order valence-electron chi connectivity index (χ3n) is 10.4. The highest BCUT2D eigenvalue weighted by atomic mass is 16.3. The molecule has 7 aromatic carbocycles. The molecule has 0 saturated heterocycles. The van der Waals surface area contributed by atoms with Gasteiger partial charge in [0.15, 0.2) is 11.6 Å². The molecule has 11 rings (SSSR count). The van der Waals surface area contributed by atoms with Crippen LogP contribution in [-0.4, -0.2) is 19.9 Å². The van der Waals surface area contributed by atoms with Gasteiger partial charge < -0.3 is 8.83 Å². The first-order valence-electron chi connectivity index (χ1n) is 18.5. The summed E-state index contributed by atoms with van der Waals surface area (Å²) >= 11 is 0. The van der Waals surface area contributed by atoms with Gasteiger partial charge in [0.25, 0.3) is 0 Å². The van der Waals surface area contributed by atoms with E-state index in [1.807, 2.05) is 84.9 Å². The second-order valence-electron chi connectivity index (χ2n) is 13.8. The van der Waals surface area contributed by atoms with Crippen molar-refractivity contribution in [1.82, 2.24) is 19.9 Å². The van der Waals surface area contributed by atoms with Gasteiger partial charge >= 0.3 is 0 Å². The number of para-hydroxylation sites is 2. The summed E-state index contributed by atoms with van der Waals surface area (Å²) in [5, 5.41) is 3.83. The maximum Gasteiger partial charge on any atom is 0.231 e. The summed E-state index contributed by atoms with van der Waals surface area (Å²) < 4.78 is 12.5. The molecule has 0 saturated carbocycles. The minimum Gasteiger partial charge on any atom is -0.438 e. The second-order valence-corrected chi connectivity index (χ2v) is 13.8. The predicted molar refractivity (Wildman–Crippen MR) is 225 cm³/mol. The van der Waals surface area contributed by atoms with Crippen LogP contribution in [0.15, 0.2) is 191 Å². The van der Waals surface area contributed by atoms with E-state index in [-0.39, 0.29) is 0 Å². The molecule has 0 atom stereocenters. The third-order valence-corrected chi connectivity index (χ3v) is 10.4. The van der Waals surface area contributed by atoms with Gasteiger partial charge in [-0.1, -0.05) is 158 Å². The summed E-state index contributed by atoms with van der Waals surface area (Å²) in [6.45, 7) is 0. The second kappa shape index (κ2) is 13.0. The first-order valence-corrected chi connectivity index (χ1v) is 18.5. The zero-order valence-corrected chi connectivity index (χ0v) is 29.9. The highest BCUT2D eigenvalue weighted by Gasteiger charge is 2.20. The van der Waals surface area contributed by atoms with Gasteiger partial charge in [-0.15, -0.1) is 0 Å². The van der Waals surface area contributed by atoms with Crippen LogP contribution in [0.1, 0.15) is 0 Å². The van der Waals surface area contributed by atoms with E-state index < -0.39 is 0 Å². The average Bonchev–Trinajstić information content (AvgIpc) is 3.85. The van der Waals surface area contributed by atoms with Crippen molar-refractivity contribution in [3.8, 4) is 67.5 Å². The van der Waals surface area contributed by atoms with Crippen LogP contribution in [0, 0.1) is 0 Å². The van der Waals surface area contributed by atoms with Crippen molar-refractivity contribution in [3.63, 3.8) is 0 Å². The van der Waals surface area contributed by atoms with Crippen molar-refractivity contribution < 1.29 is 8.83 Å². The highest BCUT2D eigenvalue weighted by Crippen LogP contribution is 2.39. The van der Waals surface area contributed by atoms with Crippen LogP contribution in [0.4, 0.5) is 0 Å². The molecule has 262 valence electrons. The van der Waals surface area contributed by atoms with Gasteiger partial charge in [0, 0.05) is 33.0 Å². The van der Waals surface area contributed by atoms with Gasteiger partial charge in [0.2, 0.25) is 11.4 Å². The van der Waals surface area contributed by atoms with Crippen LogP contribution in [0.25, 0.3) is 112 Å². The number of hydrogen-bond acceptors (Lipinski definition) is 6.